The zero-order chi connectivity index (χ0) is 9.19. The van der Waals surface area contributed by atoms with Crippen molar-refractivity contribution >= 4 is 0 Å². The summed E-state index contributed by atoms with van der Waals surface area (Å²) in [6, 6.07) is 0. The van der Waals surface area contributed by atoms with Crippen LogP contribution in [0.15, 0.2) is 0 Å². The largest absolute Gasteiger partial charge is 0.393 e. The number of hydrogen-bond donors (Lipinski definition) is 1. The van der Waals surface area contributed by atoms with E-state index in [1.165, 1.54) is 0 Å². The van der Waals surface area contributed by atoms with Crippen molar-refractivity contribution in [2.75, 3.05) is 26.2 Å². The van der Waals surface area contributed by atoms with Crippen LogP contribution in [0.1, 0.15) is 20.3 Å². The van der Waals surface area contributed by atoms with E-state index < -0.39 is 5.67 Å². The van der Waals surface area contributed by atoms with Crippen molar-refractivity contribution in [3.05, 3.63) is 0 Å². The lowest BCUT2D eigenvalue weighted by molar-refractivity contribution is 0.0764. The smallest absolute Gasteiger partial charge is 0.147 e. The molecule has 1 atom stereocenters. The standard InChI is InChI=1S/C9H18FNO/c1-8(2)5-11-4-3-9(10,6-11)7-12/h8,12H,3-7H2,1-2H3. The Labute approximate surface area is 73.4 Å². The van der Waals surface area contributed by atoms with Gasteiger partial charge in [0.05, 0.1) is 6.61 Å². The Kier molecular flexibility index (Phi) is 3.07. The van der Waals surface area contributed by atoms with Gasteiger partial charge in [-0.15, -0.1) is 0 Å². The molecule has 1 unspecified atom stereocenters. The number of alkyl halides is 1. The van der Waals surface area contributed by atoms with E-state index in [1.807, 2.05) is 0 Å². The molecule has 1 aliphatic rings. The van der Waals surface area contributed by atoms with Crippen molar-refractivity contribution in [2.24, 2.45) is 5.92 Å². The van der Waals surface area contributed by atoms with Gasteiger partial charge in [0.25, 0.3) is 0 Å². The summed E-state index contributed by atoms with van der Waals surface area (Å²) in [5, 5.41) is 8.78. The summed E-state index contributed by atoms with van der Waals surface area (Å²) < 4.78 is 13.5. The minimum atomic E-state index is -1.32. The highest BCUT2D eigenvalue weighted by molar-refractivity contribution is 4.90. The van der Waals surface area contributed by atoms with Crippen LogP contribution in [-0.4, -0.2) is 41.9 Å². The van der Waals surface area contributed by atoms with Gasteiger partial charge in [-0.2, -0.15) is 0 Å². The number of rotatable bonds is 3. The highest BCUT2D eigenvalue weighted by Gasteiger charge is 2.37. The van der Waals surface area contributed by atoms with Crippen molar-refractivity contribution in [2.45, 2.75) is 25.9 Å². The van der Waals surface area contributed by atoms with Crippen LogP contribution in [0.4, 0.5) is 4.39 Å². The summed E-state index contributed by atoms with van der Waals surface area (Å²) in [6.45, 7) is 6.04. The summed E-state index contributed by atoms with van der Waals surface area (Å²) in [5.74, 6) is 0.575. The van der Waals surface area contributed by atoms with Crippen LogP contribution in [-0.2, 0) is 0 Å². The van der Waals surface area contributed by atoms with Crippen LogP contribution in [0.2, 0.25) is 0 Å². The third-order valence-electron chi connectivity index (χ3n) is 2.29. The first-order valence-corrected chi connectivity index (χ1v) is 4.58. The molecule has 1 rings (SSSR count). The van der Waals surface area contributed by atoms with Gasteiger partial charge in [-0.25, -0.2) is 4.39 Å². The van der Waals surface area contributed by atoms with E-state index in [0.29, 0.717) is 18.9 Å². The molecule has 1 fully saturated rings. The SMILES string of the molecule is CC(C)CN1CCC(F)(CO)C1. The van der Waals surface area contributed by atoms with Crippen LogP contribution in [0.25, 0.3) is 0 Å². The van der Waals surface area contributed by atoms with Crippen LogP contribution in [0.3, 0.4) is 0 Å². The monoisotopic (exact) mass is 175 g/mol. The minimum absolute atomic E-state index is 0.332. The summed E-state index contributed by atoms with van der Waals surface area (Å²) >= 11 is 0. The molecule has 1 heterocycles. The van der Waals surface area contributed by atoms with E-state index in [-0.39, 0.29) is 6.61 Å². The van der Waals surface area contributed by atoms with Crippen molar-refractivity contribution in [1.82, 2.24) is 4.90 Å². The predicted molar refractivity (Wildman–Crippen MR) is 46.8 cm³/mol. The van der Waals surface area contributed by atoms with Crippen LogP contribution >= 0.6 is 0 Å². The second-order valence-corrected chi connectivity index (χ2v) is 4.19. The molecular formula is C9H18FNO. The van der Waals surface area contributed by atoms with E-state index in [1.54, 1.807) is 0 Å². The number of likely N-dealkylation sites (tertiary alicyclic amines) is 1. The molecule has 0 spiro atoms. The van der Waals surface area contributed by atoms with Gasteiger partial charge < -0.3 is 5.11 Å². The minimum Gasteiger partial charge on any atom is -0.393 e. The maximum absolute atomic E-state index is 13.5. The van der Waals surface area contributed by atoms with Gasteiger partial charge in [-0.1, -0.05) is 13.8 Å². The van der Waals surface area contributed by atoms with E-state index in [2.05, 4.69) is 18.7 Å². The normalized spacial score (nSPS) is 31.8. The van der Waals surface area contributed by atoms with Gasteiger partial charge in [0.2, 0.25) is 0 Å². The van der Waals surface area contributed by atoms with Gasteiger partial charge >= 0.3 is 0 Å². The number of halogens is 1. The summed E-state index contributed by atoms with van der Waals surface area (Å²) in [7, 11) is 0. The summed E-state index contributed by atoms with van der Waals surface area (Å²) in [4.78, 5) is 2.08. The fourth-order valence-corrected chi connectivity index (χ4v) is 1.72. The summed E-state index contributed by atoms with van der Waals surface area (Å²) in [6.07, 6.45) is 0.482. The predicted octanol–water partition coefficient (Wildman–Crippen LogP) is 1.05. The molecule has 2 nitrogen and oxygen atoms in total. The molecule has 1 saturated heterocycles. The highest BCUT2D eigenvalue weighted by Crippen LogP contribution is 2.25. The molecule has 1 aliphatic heterocycles. The van der Waals surface area contributed by atoms with E-state index in [4.69, 9.17) is 5.11 Å². The van der Waals surface area contributed by atoms with Gasteiger partial charge in [-0.3, -0.25) is 4.90 Å². The number of aliphatic hydroxyl groups excluding tert-OH is 1. The third-order valence-corrected chi connectivity index (χ3v) is 2.29. The average molecular weight is 175 g/mol. The van der Waals surface area contributed by atoms with Gasteiger partial charge in [-0.05, 0) is 12.3 Å². The second kappa shape index (κ2) is 3.71. The maximum atomic E-state index is 13.5. The molecule has 0 bridgehead atoms. The van der Waals surface area contributed by atoms with Crippen molar-refractivity contribution in [1.29, 1.82) is 0 Å². The molecule has 3 heteroatoms. The summed E-state index contributed by atoms with van der Waals surface area (Å²) in [5.41, 5.74) is -1.32. The Hall–Kier alpha value is -0.150. The molecule has 0 aromatic rings. The fourth-order valence-electron chi connectivity index (χ4n) is 1.72. The number of nitrogens with zero attached hydrogens (tertiary/aromatic N) is 1. The number of aliphatic hydroxyl groups is 1. The van der Waals surface area contributed by atoms with E-state index in [0.717, 1.165) is 13.1 Å². The molecule has 12 heavy (non-hydrogen) atoms. The Balaban J connectivity index is 2.35. The maximum Gasteiger partial charge on any atom is 0.147 e. The lowest BCUT2D eigenvalue weighted by Crippen LogP contribution is -2.33. The Morgan fingerprint density at radius 2 is 2.25 bits per heavy atom. The zero-order valence-electron chi connectivity index (χ0n) is 7.89. The van der Waals surface area contributed by atoms with E-state index >= 15 is 0 Å². The molecule has 0 saturated carbocycles. The van der Waals surface area contributed by atoms with Gasteiger partial charge in [0.15, 0.2) is 0 Å². The Bertz CT molecular complexity index is 151. The fraction of sp³-hybridized carbons (Fsp3) is 1.00. The zero-order valence-corrected chi connectivity index (χ0v) is 7.89. The second-order valence-electron chi connectivity index (χ2n) is 4.19. The average Bonchev–Trinajstić information content (AvgIpc) is 2.32. The molecule has 0 aromatic heterocycles. The topological polar surface area (TPSA) is 23.5 Å². The van der Waals surface area contributed by atoms with Crippen LogP contribution in [0.5, 0.6) is 0 Å². The molecule has 0 radical (unpaired) electrons. The van der Waals surface area contributed by atoms with Crippen molar-refractivity contribution < 1.29 is 9.50 Å². The van der Waals surface area contributed by atoms with Crippen LogP contribution < -0.4 is 0 Å². The molecule has 0 amide bonds. The lowest BCUT2D eigenvalue weighted by Gasteiger charge is -2.20. The molecular weight excluding hydrogens is 157 g/mol. The first-order chi connectivity index (χ1) is 5.56. The van der Waals surface area contributed by atoms with Crippen molar-refractivity contribution in [3.8, 4) is 0 Å². The Morgan fingerprint density at radius 3 is 2.67 bits per heavy atom. The number of hydrogen-bond acceptors (Lipinski definition) is 2. The first-order valence-electron chi connectivity index (χ1n) is 4.58. The quantitative estimate of drug-likeness (QED) is 0.693. The van der Waals surface area contributed by atoms with Crippen molar-refractivity contribution in [3.63, 3.8) is 0 Å². The molecule has 1 N–H and O–H groups in total. The van der Waals surface area contributed by atoms with Gasteiger partial charge in [0, 0.05) is 19.6 Å². The molecule has 0 aliphatic carbocycles. The lowest BCUT2D eigenvalue weighted by atomic mass is 10.1. The van der Waals surface area contributed by atoms with E-state index in [9.17, 15) is 4.39 Å². The Morgan fingerprint density at radius 1 is 1.58 bits per heavy atom. The van der Waals surface area contributed by atoms with Gasteiger partial charge in [0.1, 0.15) is 5.67 Å². The highest BCUT2D eigenvalue weighted by atomic mass is 19.1. The molecule has 0 aromatic carbocycles. The first kappa shape index (κ1) is 9.93. The van der Waals surface area contributed by atoms with Crippen LogP contribution in [0, 0.1) is 5.92 Å². The molecule has 72 valence electrons. The third kappa shape index (κ3) is 2.42.